The lowest BCUT2D eigenvalue weighted by Crippen LogP contribution is -2.50. The molecule has 1 saturated heterocycles. The number of para-hydroxylation sites is 1. The molecule has 0 aromatic heterocycles. The average molecular weight is 434 g/mol. The molecule has 2 aromatic rings. The molecule has 0 atom stereocenters. The first-order chi connectivity index (χ1) is 14.6. The van der Waals surface area contributed by atoms with Crippen LogP contribution < -0.4 is 10.2 Å². The molecule has 9 heteroatoms. The van der Waals surface area contributed by atoms with Gasteiger partial charge >= 0.3 is 6.18 Å². The maximum atomic E-state index is 13.1. The van der Waals surface area contributed by atoms with Crippen molar-refractivity contribution in [3.63, 3.8) is 0 Å². The summed E-state index contributed by atoms with van der Waals surface area (Å²) in [4.78, 5) is 30.5. The van der Waals surface area contributed by atoms with Crippen molar-refractivity contribution in [3.8, 4) is 0 Å². The zero-order chi connectivity index (χ0) is 22.6. The number of carbonyl (C=O) groups is 2. The molecular weight excluding hydrogens is 409 g/mol. The molecule has 1 fully saturated rings. The molecule has 3 rings (SSSR count). The van der Waals surface area contributed by atoms with Crippen molar-refractivity contribution >= 4 is 23.2 Å². The fourth-order valence-electron chi connectivity index (χ4n) is 3.44. The summed E-state index contributed by atoms with van der Waals surface area (Å²) in [5, 5.41) is 2.36. The summed E-state index contributed by atoms with van der Waals surface area (Å²) >= 11 is 0. The van der Waals surface area contributed by atoms with Crippen molar-refractivity contribution in [1.82, 2.24) is 9.80 Å². The predicted molar refractivity (Wildman–Crippen MR) is 113 cm³/mol. The number of carbonyl (C=O) groups excluding carboxylic acids is 2. The fourth-order valence-corrected chi connectivity index (χ4v) is 3.44. The largest absolute Gasteiger partial charge is 0.418 e. The standard InChI is InChI=1S/C22H25F3N4O2/c1-27(2)17-7-5-6-16(14-17)21(31)29-12-10-28(11-13-29)15-20(30)26-19-9-4-3-8-18(19)22(23,24)25/h3-9,14H,10-13,15H2,1-2H3,(H,26,30). The summed E-state index contributed by atoms with van der Waals surface area (Å²) in [6.45, 7) is 1.78. The second kappa shape index (κ2) is 9.38. The number of nitrogens with one attached hydrogen (secondary N) is 1. The third kappa shape index (κ3) is 5.75. The Kier molecular flexibility index (Phi) is 6.84. The van der Waals surface area contributed by atoms with Crippen LogP contribution in [0.5, 0.6) is 0 Å². The first-order valence-electron chi connectivity index (χ1n) is 9.90. The number of nitrogens with zero attached hydrogens (tertiary/aromatic N) is 3. The van der Waals surface area contributed by atoms with E-state index < -0.39 is 17.6 Å². The molecule has 0 aliphatic carbocycles. The Morgan fingerprint density at radius 1 is 1.00 bits per heavy atom. The van der Waals surface area contributed by atoms with Crippen LogP contribution >= 0.6 is 0 Å². The highest BCUT2D eigenvalue weighted by molar-refractivity contribution is 5.95. The van der Waals surface area contributed by atoms with E-state index in [2.05, 4.69) is 5.32 Å². The number of hydrogen-bond donors (Lipinski definition) is 1. The minimum absolute atomic E-state index is 0.0374. The summed E-state index contributed by atoms with van der Waals surface area (Å²) in [7, 11) is 3.81. The Bertz CT molecular complexity index is 938. The van der Waals surface area contributed by atoms with Gasteiger partial charge in [-0.3, -0.25) is 14.5 Å². The lowest BCUT2D eigenvalue weighted by molar-refractivity contribution is -0.137. The Hall–Kier alpha value is -3.07. The molecule has 2 aromatic carbocycles. The van der Waals surface area contributed by atoms with Crippen molar-refractivity contribution in [2.24, 2.45) is 0 Å². The van der Waals surface area contributed by atoms with Gasteiger partial charge in [0.2, 0.25) is 5.91 Å². The fraction of sp³-hybridized carbons (Fsp3) is 0.364. The van der Waals surface area contributed by atoms with E-state index in [1.165, 1.54) is 18.2 Å². The Morgan fingerprint density at radius 2 is 1.68 bits per heavy atom. The molecule has 1 heterocycles. The first-order valence-corrected chi connectivity index (χ1v) is 9.90. The van der Waals surface area contributed by atoms with Gasteiger partial charge in [-0.2, -0.15) is 13.2 Å². The maximum Gasteiger partial charge on any atom is 0.418 e. The van der Waals surface area contributed by atoms with Gasteiger partial charge in [0.1, 0.15) is 0 Å². The molecule has 2 amide bonds. The number of hydrogen-bond acceptors (Lipinski definition) is 4. The normalized spacial score (nSPS) is 14.9. The van der Waals surface area contributed by atoms with Crippen molar-refractivity contribution in [2.75, 3.05) is 57.0 Å². The molecule has 1 N–H and O–H groups in total. The van der Waals surface area contributed by atoms with E-state index in [-0.39, 0.29) is 18.1 Å². The zero-order valence-electron chi connectivity index (χ0n) is 17.4. The Balaban J connectivity index is 1.54. The molecule has 0 saturated carbocycles. The van der Waals surface area contributed by atoms with E-state index >= 15 is 0 Å². The highest BCUT2D eigenvalue weighted by Crippen LogP contribution is 2.34. The van der Waals surface area contributed by atoms with Crippen molar-refractivity contribution < 1.29 is 22.8 Å². The smallest absolute Gasteiger partial charge is 0.378 e. The summed E-state index contributed by atoms with van der Waals surface area (Å²) in [5.74, 6) is -0.595. The molecule has 0 radical (unpaired) electrons. The molecule has 31 heavy (non-hydrogen) atoms. The SMILES string of the molecule is CN(C)c1cccc(C(=O)N2CCN(CC(=O)Nc3ccccc3C(F)(F)F)CC2)c1. The molecule has 6 nitrogen and oxygen atoms in total. The molecule has 0 spiro atoms. The summed E-state index contributed by atoms with van der Waals surface area (Å²) in [6, 6.07) is 12.3. The molecule has 0 bridgehead atoms. The number of piperazine rings is 1. The predicted octanol–water partition coefficient (Wildman–Crippen LogP) is 3.17. The van der Waals surface area contributed by atoms with Crippen LogP contribution in [0.1, 0.15) is 15.9 Å². The highest BCUT2D eigenvalue weighted by Gasteiger charge is 2.33. The monoisotopic (exact) mass is 434 g/mol. The topological polar surface area (TPSA) is 55.9 Å². The van der Waals surface area contributed by atoms with Gasteiger partial charge in [0.15, 0.2) is 0 Å². The van der Waals surface area contributed by atoms with Gasteiger partial charge in [-0.25, -0.2) is 0 Å². The van der Waals surface area contributed by atoms with Crippen LogP contribution in [0.2, 0.25) is 0 Å². The van der Waals surface area contributed by atoms with Crippen molar-refractivity contribution in [1.29, 1.82) is 0 Å². The number of amides is 2. The number of benzene rings is 2. The first kappa shape index (κ1) is 22.6. The summed E-state index contributed by atoms with van der Waals surface area (Å²) < 4.78 is 39.2. The lowest BCUT2D eigenvalue weighted by Gasteiger charge is -2.34. The van der Waals surface area contributed by atoms with Gasteiger partial charge in [-0.05, 0) is 30.3 Å². The van der Waals surface area contributed by atoms with Crippen LogP contribution in [0.3, 0.4) is 0 Å². The molecular formula is C22H25F3N4O2. The van der Waals surface area contributed by atoms with Gasteiger partial charge in [0, 0.05) is 51.5 Å². The van der Waals surface area contributed by atoms with Crippen LogP contribution in [0.15, 0.2) is 48.5 Å². The minimum Gasteiger partial charge on any atom is -0.378 e. The molecule has 0 unspecified atom stereocenters. The zero-order valence-corrected chi connectivity index (χ0v) is 17.4. The summed E-state index contributed by atoms with van der Waals surface area (Å²) in [5.41, 5.74) is 0.398. The van der Waals surface area contributed by atoms with Crippen LogP contribution in [0.25, 0.3) is 0 Å². The Labute approximate surface area is 179 Å². The van der Waals surface area contributed by atoms with Crippen LogP contribution in [-0.4, -0.2) is 68.4 Å². The van der Waals surface area contributed by atoms with E-state index in [4.69, 9.17) is 0 Å². The van der Waals surface area contributed by atoms with Crippen LogP contribution in [0, 0.1) is 0 Å². The van der Waals surface area contributed by atoms with E-state index in [1.54, 1.807) is 11.0 Å². The Morgan fingerprint density at radius 3 is 2.32 bits per heavy atom. The van der Waals surface area contributed by atoms with Gasteiger partial charge in [-0.1, -0.05) is 18.2 Å². The molecule has 1 aliphatic rings. The maximum absolute atomic E-state index is 13.1. The van der Waals surface area contributed by atoms with E-state index in [0.717, 1.165) is 11.8 Å². The van der Waals surface area contributed by atoms with Gasteiger partial charge in [0.25, 0.3) is 5.91 Å². The lowest BCUT2D eigenvalue weighted by atomic mass is 10.1. The number of rotatable bonds is 5. The average Bonchev–Trinajstić information content (AvgIpc) is 2.73. The second-order valence-electron chi connectivity index (χ2n) is 7.60. The third-order valence-electron chi connectivity index (χ3n) is 5.14. The van der Waals surface area contributed by atoms with Gasteiger partial charge < -0.3 is 15.1 Å². The van der Waals surface area contributed by atoms with Crippen molar-refractivity contribution in [2.45, 2.75) is 6.18 Å². The van der Waals surface area contributed by atoms with E-state index in [1.807, 2.05) is 42.1 Å². The van der Waals surface area contributed by atoms with Gasteiger partial charge in [0.05, 0.1) is 17.8 Å². The minimum atomic E-state index is -4.54. The number of alkyl halides is 3. The molecule has 166 valence electrons. The van der Waals surface area contributed by atoms with E-state index in [9.17, 15) is 22.8 Å². The highest BCUT2D eigenvalue weighted by atomic mass is 19.4. The van der Waals surface area contributed by atoms with Crippen LogP contribution in [0.4, 0.5) is 24.5 Å². The summed E-state index contributed by atoms with van der Waals surface area (Å²) in [6.07, 6.45) is -4.54. The van der Waals surface area contributed by atoms with Crippen LogP contribution in [-0.2, 0) is 11.0 Å². The third-order valence-corrected chi connectivity index (χ3v) is 5.14. The number of anilines is 2. The quantitative estimate of drug-likeness (QED) is 0.786. The van der Waals surface area contributed by atoms with Gasteiger partial charge in [-0.15, -0.1) is 0 Å². The second-order valence-corrected chi connectivity index (χ2v) is 7.60. The number of halogens is 3. The molecule has 1 aliphatic heterocycles. The van der Waals surface area contributed by atoms with Crippen molar-refractivity contribution in [3.05, 3.63) is 59.7 Å². The van der Waals surface area contributed by atoms with E-state index in [0.29, 0.717) is 31.7 Å².